The molecule has 0 atom stereocenters. The van der Waals surface area contributed by atoms with Crippen molar-refractivity contribution in [2.24, 2.45) is 0 Å². The molecule has 0 spiro atoms. The minimum Gasteiger partial charge on any atom is -0.207 e. The second-order valence-electron chi connectivity index (χ2n) is 4.28. The van der Waals surface area contributed by atoms with E-state index in [1.165, 1.54) is 0 Å². The highest BCUT2D eigenvalue weighted by atomic mass is 19.1. The molecule has 0 N–H and O–H groups in total. The smallest absolute Gasteiger partial charge is 0.127 e. The molecule has 0 heterocycles. The number of aryl methyl sites for hydroxylation is 1. The van der Waals surface area contributed by atoms with E-state index in [1.54, 1.807) is 6.07 Å². The molecule has 2 aromatic carbocycles. The van der Waals surface area contributed by atoms with Crippen LogP contribution >= 0.6 is 0 Å². The lowest BCUT2D eigenvalue weighted by Crippen LogP contribution is -1.91. The molecule has 0 aliphatic carbocycles. The molecule has 0 aliphatic rings. The van der Waals surface area contributed by atoms with E-state index in [4.69, 9.17) is 0 Å². The molecule has 88 valence electrons. The molecule has 0 amide bonds. The van der Waals surface area contributed by atoms with E-state index in [2.05, 4.69) is 6.92 Å². The van der Waals surface area contributed by atoms with E-state index >= 15 is 0 Å². The molecule has 0 unspecified atom stereocenters. The van der Waals surface area contributed by atoms with E-state index in [9.17, 15) is 4.39 Å². The van der Waals surface area contributed by atoms with Crippen LogP contribution in [-0.4, -0.2) is 0 Å². The minimum atomic E-state index is -0.0835. The standard InChI is InChI=1S/C16H17F/c1-2-3-7-14-10-11-15(12-16(14)17)13-8-5-4-6-9-13/h4-6,8-12H,2-3,7H2,1H3. The van der Waals surface area contributed by atoms with Crippen LogP contribution in [-0.2, 0) is 6.42 Å². The van der Waals surface area contributed by atoms with E-state index in [0.29, 0.717) is 0 Å². The molecule has 2 aromatic rings. The van der Waals surface area contributed by atoms with Gasteiger partial charge < -0.3 is 0 Å². The highest BCUT2D eigenvalue weighted by Crippen LogP contribution is 2.22. The van der Waals surface area contributed by atoms with E-state index in [0.717, 1.165) is 36.0 Å². The zero-order valence-electron chi connectivity index (χ0n) is 10.1. The molecule has 0 aromatic heterocycles. The number of benzene rings is 2. The summed E-state index contributed by atoms with van der Waals surface area (Å²) in [4.78, 5) is 0. The van der Waals surface area contributed by atoms with Crippen LogP contribution < -0.4 is 0 Å². The molecule has 1 heteroatoms. The molecule has 2 rings (SSSR count). The molecule has 0 saturated heterocycles. The van der Waals surface area contributed by atoms with Gasteiger partial charge in [0, 0.05) is 0 Å². The van der Waals surface area contributed by atoms with Crippen molar-refractivity contribution in [1.29, 1.82) is 0 Å². The molecule has 0 saturated carbocycles. The van der Waals surface area contributed by atoms with E-state index in [1.807, 2.05) is 42.5 Å². The zero-order valence-corrected chi connectivity index (χ0v) is 10.1. The Labute approximate surface area is 102 Å². The minimum absolute atomic E-state index is 0.0835. The summed E-state index contributed by atoms with van der Waals surface area (Å²) in [6.07, 6.45) is 2.97. The van der Waals surface area contributed by atoms with Crippen molar-refractivity contribution in [2.75, 3.05) is 0 Å². The average molecular weight is 228 g/mol. The van der Waals surface area contributed by atoms with Gasteiger partial charge in [-0.2, -0.15) is 0 Å². The van der Waals surface area contributed by atoms with Gasteiger partial charge in [0.15, 0.2) is 0 Å². The lowest BCUT2D eigenvalue weighted by atomic mass is 10.0. The van der Waals surface area contributed by atoms with Crippen molar-refractivity contribution in [3.8, 4) is 11.1 Å². The van der Waals surface area contributed by atoms with Crippen LogP contribution in [0, 0.1) is 5.82 Å². The highest BCUT2D eigenvalue weighted by molar-refractivity contribution is 5.63. The summed E-state index contributed by atoms with van der Waals surface area (Å²) in [6, 6.07) is 15.5. The first-order valence-electron chi connectivity index (χ1n) is 6.15. The third-order valence-corrected chi connectivity index (χ3v) is 2.96. The lowest BCUT2D eigenvalue weighted by Gasteiger charge is -2.06. The number of halogens is 1. The van der Waals surface area contributed by atoms with Crippen molar-refractivity contribution < 1.29 is 4.39 Å². The van der Waals surface area contributed by atoms with Gasteiger partial charge in [0.2, 0.25) is 0 Å². The number of unbranched alkanes of at least 4 members (excludes halogenated alkanes) is 1. The summed E-state index contributed by atoms with van der Waals surface area (Å²) in [6.45, 7) is 2.12. The zero-order chi connectivity index (χ0) is 12.1. The summed E-state index contributed by atoms with van der Waals surface area (Å²) < 4.78 is 13.9. The van der Waals surface area contributed by atoms with Gasteiger partial charge in [-0.25, -0.2) is 4.39 Å². The fourth-order valence-electron chi connectivity index (χ4n) is 1.93. The van der Waals surface area contributed by atoms with E-state index in [-0.39, 0.29) is 5.82 Å². The molecule has 0 aliphatic heterocycles. The molecule has 0 nitrogen and oxygen atoms in total. The van der Waals surface area contributed by atoms with Gasteiger partial charge in [-0.3, -0.25) is 0 Å². The Morgan fingerprint density at radius 2 is 1.71 bits per heavy atom. The average Bonchev–Trinajstić information content (AvgIpc) is 2.38. The Bertz CT molecular complexity index is 474. The summed E-state index contributed by atoms with van der Waals surface area (Å²) >= 11 is 0. The van der Waals surface area contributed by atoms with Gasteiger partial charge in [-0.15, -0.1) is 0 Å². The van der Waals surface area contributed by atoms with Crippen LogP contribution in [0.1, 0.15) is 25.3 Å². The Morgan fingerprint density at radius 1 is 0.941 bits per heavy atom. The van der Waals surface area contributed by atoms with Gasteiger partial charge in [0.1, 0.15) is 5.82 Å². The molecule has 17 heavy (non-hydrogen) atoms. The quantitative estimate of drug-likeness (QED) is 0.702. The molecular formula is C16H17F. The molecule has 0 fully saturated rings. The third kappa shape index (κ3) is 2.94. The van der Waals surface area contributed by atoms with Crippen molar-refractivity contribution in [1.82, 2.24) is 0 Å². The van der Waals surface area contributed by atoms with Gasteiger partial charge >= 0.3 is 0 Å². The Morgan fingerprint density at radius 3 is 2.35 bits per heavy atom. The van der Waals surface area contributed by atoms with Crippen molar-refractivity contribution in [3.05, 3.63) is 59.9 Å². The van der Waals surface area contributed by atoms with Gasteiger partial charge in [0.25, 0.3) is 0 Å². The van der Waals surface area contributed by atoms with Crippen molar-refractivity contribution in [3.63, 3.8) is 0 Å². The van der Waals surface area contributed by atoms with Crippen LogP contribution in [0.4, 0.5) is 4.39 Å². The number of rotatable bonds is 4. The first-order valence-corrected chi connectivity index (χ1v) is 6.15. The second-order valence-corrected chi connectivity index (χ2v) is 4.28. The summed E-state index contributed by atoms with van der Waals surface area (Å²) in [5, 5.41) is 0. The maximum atomic E-state index is 13.9. The van der Waals surface area contributed by atoms with Crippen molar-refractivity contribution >= 4 is 0 Å². The summed E-state index contributed by atoms with van der Waals surface area (Å²) in [5.41, 5.74) is 2.84. The Balaban J connectivity index is 2.25. The van der Waals surface area contributed by atoms with E-state index < -0.39 is 0 Å². The lowest BCUT2D eigenvalue weighted by molar-refractivity contribution is 0.603. The van der Waals surface area contributed by atoms with Gasteiger partial charge in [0.05, 0.1) is 0 Å². The van der Waals surface area contributed by atoms with Crippen LogP contribution in [0.25, 0.3) is 11.1 Å². The second kappa shape index (κ2) is 5.62. The number of hydrogen-bond acceptors (Lipinski definition) is 0. The fourth-order valence-corrected chi connectivity index (χ4v) is 1.93. The predicted octanol–water partition coefficient (Wildman–Crippen LogP) is 4.84. The van der Waals surface area contributed by atoms with Crippen LogP contribution in [0.15, 0.2) is 48.5 Å². The predicted molar refractivity (Wildman–Crippen MR) is 70.4 cm³/mol. The summed E-state index contributed by atoms with van der Waals surface area (Å²) in [5.74, 6) is -0.0835. The first kappa shape index (κ1) is 11.8. The monoisotopic (exact) mass is 228 g/mol. The summed E-state index contributed by atoms with van der Waals surface area (Å²) in [7, 11) is 0. The maximum Gasteiger partial charge on any atom is 0.127 e. The number of hydrogen-bond donors (Lipinski definition) is 0. The largest absolute Gasteiger partial charge is 0.207 e. The van der Waals surface area contributed by atoms with Crippen LogP contribution in [0.5, 0.6) is 0 Å². The highest BCUT2D eigenvalue weighted by Gasteiger charge is 2.04. The SMILES string of the molecule is CCCCc1ccc(-c2ccccc2)cc1F. The van der Waals surface area contributed by atoms with Crippen LogP contribution in [0.3, 0.4) is 0 Å². The topological polar surface area (TPSA) is 0 Å². The van der Waals surface area contributed by atoms with Gasteiger partial charge in [-0.05, 0) is 35.6 Å². The first-order chi connectivity index (χ1) is 8.31. The Kier molecular flexibility index (Phi) is 3.92. The maximum absolute atomic E-state index is 13.9. The van der Waals surface area contributed by atoms with Gasteiger partial charge in [-0.1, -0.05) is 55.8 Å². The van der Waals surface area contributed by atoms with Crippen molar-refractivity contribution in [2.45, 2.75) is 26.2 Å². The molecular weight excluding hydrogens is 211 g/mol. The molecule has 0 radical (unpaired) electrons. The normalized spacial score (nSPS) is 10.5. The third-order valence-electron chi connectivity index (χ3n) is 2.96. The molecule has 0 bridgehead atoms. The fraction of sp³-hybridized carbons (Fsp3) is 0.250. The Hall–Kier alpha value is -1.63. The van der Waals surface area contributed by atoms with Crippen LogP contribution in [0.2, 0.25) is 0 Å².